The number of anilines is 4. The molecule has 6 nitrogen and oxygen atoms in total. The normalized spacial score (nSPS) is 11.1. The van der Waals surface area contributed by atoms with Gasteiger partial charge in [0.05, 0.1) is 5.69 Å². The molecular formula is C16H12ClFN4O2S. The van der Waals surface area contributed by atoms with Crippen LogP contribution in [0.3, 0.4) is 0 Å². The Morgan fingerprint density at radius 3 is 2.40 bits per heavy atom. The van der Waals surface area contributed by atoms with E-state index in [1.54, 1.807) is 36.4 Å². The maximum atomic E-state index is 12.9. The molecule has 128 valence electrons. The third kappa shape index (κ3) is 4.43. The van der Waals surface area contributed by atoms with Crippen molar-refractivity contribution in [2.75, 3.05) is 10.6 Å². The second kappa shape index (κ2) is 7.04. The van der Waals surface area contributed by atoms with Gasteiger partial charge in [0.1, 0.15) is 16.5 Å². The predicted molar refractivity (Wildman–Crippen MR) is 94.5 cm³/mol. The van der Waals surface area contributed by atoms with Gasteiger partial charge in [-0.2, -0.15) is 4.98 Å². The number of hydrogen-bond acceptors (Lipinski definition) is 6. The molecule has 3 rings (SSSR count). The SMILES string of the molecule is O=S(=O)(Cl)c1ccccc1Nc1nccc(Nc2ccc(F)cc2)n1. The topological polar surface area (TPSA) is 84.0 Å². The van der Waals surface area contributed by atoms with E-state index in [0.29, 0.717) is 11.5 Å². The maximum Gasteiger partial charge on any atom is 0.263 e. The summed E-state index contributed by atoms with van der Waals surface area (Å²) in [7, 11) is 1.52. The third-order valence-corrected chi connectivity index (χ3v) is 4.55. The second-order valence-corrected chi connectivity index (χ2v) is 7.49. The minimum Gasteiger partial charge on any atom is -0.340 e. The molecule has 0 amide bonds. The van der Waals surface area contributed by atoms with Crippen LogP contribution in [0.4, 0.5) is 27.5 Å². The summed E-state index contributed by atoms with van der Waals surface area (Å²) >= 11 is 0. The van der Waals surface area contributed by atoms with Crippen molar-refractivity contribution in [2.45, 2.75) is 4.90 Å². The molecule has 0 spiro atoms. The van der Waals surface area contributed by atoms with Gasteiger partial charge in [0, 0.05) is 22.6 Å². The summed E-state index contributed by atoms with van der Waals surface area (Å²) in [4.78, 5) is 8.23. The highest BCUT2D eigenvalue weighted by molar-refractivity contribution is 8.13. The Morgan fingerprint density at radius 1 is 0.960 bits per heavy atom. The Kier molecular flexibility index (Phi) is 4.82. The van der Waals surface area contributed by atoms with E-state index < -0.39 is 9.05 Å². The molecule has 1 heterocycles. The standard InChI is InChI=1S/C16H12ClFN4O2S/c17-25(23,24)14-4-2-1-3-13(14)21-16-19-10-9-15(22-16)20-12-7-5-11(18)6-8-12/h1-10H,(H2,19,20,21,22). The number of halogens is 2. The molecule has 2 N–H and O–H groups in total. The van der Waals surface area contributed by atoms with Crippen molar-refractivity contribution in [3.63, 3.8) is 0 Å². The summed E-state index contributed by atoms with van der Waals surface area (Å²) in [6.07, 6.45) is 1.50. The van der Waals surface area contributed by atoms with Crippen LogP contribution in [0.1, 0.15) is 0 Å². The van der Waals surface area contributed by atoms with Gasteiger partial charge in [-0.1, -0.05) is 12.1 Å². The lowest BCUT2D eigenvalue weighted by molar-refractivity contribution is 0.610. The van der Waals surface area contributed by atoms with Crippen molar-refractivity contribution < 1.29 is 12.8 Å². The number of benzene rings is 2. The molecule has 0 saturated carbocycles. The molecule has 0 aliphatic rings. The van der Waals surface area contributed by atoms with Gasteiger partial charge in [0.15, 0.2) is 0 Å². The molecule has 0 saturated heterocycles. The Labute approximate surface area is 148 Å². The summed E-state index contributed by atoms with van der Waals surface area (Å²) in [5.74, 6) is 0.296. The molecule has 0 fully saturated rings. The Morgan fingerprint density at radius 2 is 1.68 bits per heavy atom. The van der Waals surface area contributed by atoms with Gasteiger partial charge in [-0.15, -0.1) is 0 Å². The molecule has 9 heteroatoms. The third-order valence-electron chi connectivity index (χ3n) is 3.17. The van der Waals surface area contributed by atoms with Crippen molar-refractivity contribution in [3.05, 3.63) is 66.6 Å². The van der Waals surface area contributed by atoms with Crippen molar-refractivity contribution in [3.8, 4) is 0 Å². The van der Waals surface area contributed by atoms with E-state index in [9.17, 15) is 12.8 Å². The van der Waals surface area contributed by atoms with Crippen LogP contribution in [-0.4, -0.2) is 18.4 Å². The van der Waals surface area contributed by atoms with Crippen LogP contribution in [0.2, 0.25) is 0 Å². The van der Waals surface area contributed by atoms with E-state index in [1.165, 1.54) is 24.4 Å². The summed E-state index contributed by atoms with van der Waals surface area (Å²) in [5.41, 5.74) is 0.909. The summed E-state index contributed by atoms with van der Waals surface area (Å²) in [5, 5.41) is 5.83. The van der Waals surface area contributed by atoms with Gasteiger partial charge in [-0.3, -0.25) is 0 Å². The van der Waals surface area contributed by atoms with Crippen molar-refractivity contribution >= 4 is 42.9 Å². The first-order valence-corrected chi connectivity index (χ1v) is 9.39. The quantitative estimate of drug-likeness (QED) is 0.652. The van der Waals surface area contributed by atoms with E-state index in [1.807, 2.05) is 0 Å². The fraction of sp³-hybridized carbons (Fsp3) is 0. The van der Waals surface area contributed by atoms with Crippen LogP contribution in [0.25, 0.3) is 0 Å². The molecule has 2 aromatic carbocycles. The predicted octanol–water partition coefficient (Wildman–Crippen LogP) is 4.03. The van der Waals surface area contributed by atoms with E-state index in [2.05, 4.69) is 20.6 Å². The number of nitrogens with one attached hydrogen (secondary N) is 2. The molecule has 0 atom stereocenters. The first-order valence-electron chi connectivity index (χ1n) is 7.08. The molecular weight excluding hydrogens is 367 g/mol. The average molecular weight is 379 g/mol. The monoisotopic (exact) mass is 378 g/mol. The van der Waals surface area contributed by atoms with Gasteiger partial charge in [-0.05, 0) is 42.5 Å². The van der Waals surface area contributed by atoms with Crippen LogP contribution in [-0.2, 0) is 9.05 Å². The highest BCUT2D eigenvalue weighted by Crippen LogP contribution is 2.26. The van der Waals surface area contributed by atoms with Gasteiger partial charge in [0.2, 0.25) is 5.95 Å². The highest BCUT2D eigenvalue weighted by Gasteiger charge is 2.15. The lowest BCUT2D eigenvalue weighted by atomic mass is 10.3. The van der Waals surface area contributed by atoms with Gasteiger partial charge < -0.3 is 10.6 Å². The van der Waals surface area contributed by atoms with Crippen LogP contribution >= 0.6 is 10.7 Å². The fourth-order valence-electron chi connectivity index (χ4n) is 2.07. The van der Waals surface area contributed by atoms with Crippen LogP contribution in [0.5, 0.6) is 0 Å². The minimum absolute atomic E-state index is 0.0721. The van der Waals surface area contributed by atoms with Crippen molar-refractivity contribution in [2.24, 2.45) is 0 Å². The largest absolute Gasteiger partial charge is 0.340 e. The molecule has 3 aromatic rings. The van der Waals surface area contributed by atoms with Crippen molar-refractivity contribution in [1.82, 2.24) is 9.97 Å². The zero-order valence-electron chi connectivity index (χ0n) is 12.6. The zero-order valence-corrected chi connectivity index (χ0v) is 14.2. The van der Waals surface area contributed by atoms with Gasteiger partial charge >= 0.3 is 0 Å². The summed E-state index contributed by atoms with van der Waals surface area (Å²) < 4.78 is 36.2. The highest BCUT2D eigenvalue weighted by atomic mass is 35.7. The van der Waals surface area contributed by atoms with Crippen molar-refractivity contribution in [1.29, 1.82) is 0 Å². The number of rotatable bonds is 5. The smallest absolute Gasteiger partial charge is 0.263 e. The van der Waals surface area contributed by atoms with Crippen LogP contribution in [0.15, 0.2) is 65.7 Å². The fourth-order valence-corrected chi connectivity index (χ4v) is 3.10. The molecule has 0 aliphatic carbocycles. The van der Waals surface area contributed by atoms with E-state index in [-0.39, 0.29) is 22.3 Å². The van der Waals surface area contributed by atoms with E-state index in [0.717, 1.165) is 0 Å². The van der Waals surface area contributed by atoms with Crippen LogP contribution in [0, 0.1) is 5.82 Å². The second-order valence-electron chi connectivity index (χ2n) is 4.96. The Bertz CT molecular complexity index is 997. The van der Waals surface area contributed by atoms with E-state index in [4.69, 9.17) is 10.7 Å². The number of hydrogen-bond donors (Lipinski definition) is 2. The number of aromatic nitrogens is 2. The zero-order chi connectivity index (χ0) is 17.9. The lowest BCUT2D eigenvalue weighted by Crippen LogP contribution is -2.03. The number of para-hydroxylation sites is 1. The minimum atomic E-state index is -3.91. The Hall–Kier alpha value is -2.71. The molecule has 25 heavy (non-hydrogen) atoms. The summed E-state index contributed by atoms with van der Waals surface area (Å²) in [6.45, 7) is 0. The number of nitrogens with zero attached hydrogens (tertiary/aromatic N) is 2. The van der Waals surface area contributed by atoms with Gasteiger partial charge in [0.25, 0.3) is 9.05 Å². The molecule has 0 aliphatic heterocycles. The first-order chi connectivity index (χ1) is 11.9. The molecule has 0 unspecified atom stereocenters. The van der Waals surface area contributed by atoms with E-state index >= 15 is 0 Å². The van der Waals surface area contributed by atoms with Gasteiger partial charge in [-0.25, -0.2) is 17.8 Å². The molecule has 0 radical (unpaired) electrons. The maximum absolute atomic E-state index is 12.9. The average Bonchev–Trinajstić information content (AvgIpc) is 2.57. The lowest BCUT2D eigenvalue weighted by Gasteiger charge is -2.10. The first kappa shape index (κ1) is 17.1. The summed E-state index contributed by atoms with van der Waals surface area (Å²) in [6, 6.07) is 13.6. The molecule has 0 bridgehead atoms. The Balaban J connectivity index is 1.84. The van der Waals surface area contributed by atoms with Crippen LogP contribution < -0.4 is 10.6 Å². The molecule has 1 aromatic heterocycles.